The number of hydrogen-bond donors (Lipinski definition) is 0. The number of anilines is 1. The van der Waals surface area contributed by atoms with Crippen molar-refractivity contribution in [3.05, 3.63) is 84.4 Å². The van der Waals surface area contributed by atoms with Crippen molar-refractivity contribution >= 4 is 11.8 Å². The number of amides is 1. The number of para-hydroxylation sites is 2. The van der Waals surface area contributed by atoms with E-state index in [1.807, 2.05) is 78.9 Å². The van der Waals surface area contributed by atoms with Gasteiger partial charge in [-0.1, -0.05) is 66.7 Å². The molecule has 3 aromatic rings. The molecule has 4 rings (SSSR count). The van der Waals surface area contributed by atoms with Gasteiger partial charge in [0.25, 0.3) is 0 Å². The Bertz CT molecular complexity index is 858. The van der Waals surface area contributed by atoms with Gasteiger partial charge in [-0.3, -0.25) is 4.90 Å². The standard InChI is InChI=1S/C20H15NO2/c22-20-21(14-16-10-4-7-13-19(16)23-20)18-12-6-5-11-17(18)15-8-2-1-3-9-15/h1-13H,14H2. The molecule has 3 nitrogen and oxygen atoms in total. The molecular weight excluding hydrogens is 286 g/mol. The highest BCUT2D eigenvalue weighted by Crippen LogP contribution is 2.35. The van der Waals surface area contributed by atoms with Gasteiger partial charge in [0.15, 0.2) is 0 Å². The average Bonchev–Trinajstić information content (AvgIpc) is 2.62. The number of nitrogens with zero attached hydrogens (tertiary/aromatic N) is 1. The SMILES string of the molecule is O=C1Oc2ccccc2CN1c1ccccc1-c1ccccc1. The molecule has 0 unspecified atom stereocenters. The molecule has 1 amide bonds. The molecule has 0 radical (unpaired) electrons. The third-order valence-electron chi connectivity index (χ3n) is 4.00. The summed E-state index contributed by atoms with van der Waals surface area (Å²) in [5.41, 5.74) is 3.97. The summed E-state index contributed by atoms with van der Waals surface area (Å²) in [6.45, 7) is 0.513. The predicted molar refractivity (Wildman–Crippen MR) is 90.5 cm³/mol. The normalized spacial score (nSPS) is 13.4. The second-order valence-electron chi connectivity index (χ2n) is 5.45. The van der Waals surface area contributed by atoms with Crippen molar-refractivity contribution in [1.29, 1.82) is 0 Å². The molecule has 23 heavy (non-hydrogen) atoms. The molecule has 112 valence electrons. The smallest absolute Gasteiger partial charge is 0.410 e. The summed E-state index contributed by atoms with van der Waals surface area (Å²) in [5.74, 6) is 0.644. The molecule has 0 fully saturated rings. The van der Waals surface area contributed by atoms with Crippen LogP contribution in [0.2, 0.25) is 0 Å². The third kappa shape index (κ3) is 2.46. The van der Waals surface area contributed by atoms with Gasteiger partial charge < -0.3 is 4.74 Å². The monoisotopic (exact) mass is 301 g/mol. The molecule has 0 spiro atoms. The van der Waals surface area contributed by atoms with Gasteiger partial charge in [-0.25, -0.2) is 4.79 Å². The number of fused-ring (bicyclic) bond motifs is 1. The van der Waals surface area contributed by atoms with Crippen molar-refractivity contribution in [3.63, 3.8) is 0 Å². The number of rotatable bonds is 2. The Kier molecular flexibility index (Phi) is 3.31. The van der Waals surface area contributed by atoms with Crippen molar-refractivity contribution in [2.75, 3.05) is 4.90 Å². The van der Waals surface area contributed by atoms with Gasteiger partial charge in [-0.15, -0.1) is 0 Å². The number of carbonyl (C=O) groups excluding carboxylic acids is 1. The molecule has 0 bridgehead atoms. The van der Waals surface area contributed by atoms with Crippen LogP contribution in [-0.2, 0) is 6.54 Å². The van der Waals surface area contributed by atoms with Crippen LogP contribution in [0, 0.1) is 0 Å². The van der Waals surface area contributed by atoms with Crippen LogP contribution in [0.25, 0.3) is 11.1 Å². The largest absolute Gasteiger partial charge is 0.420 e. The van der Waals surface area contributed by atoms with E-state index in [-0.39, 0.29) is 6.09 Å². The highest BCUT2D eigenvalue weighted by molar-refractivity contribution is 5.96. The number of benzene rings is 3. The van der Waals surface area contributed by atoms with Gasteiger partial charge >= 0.3 is 6.09 Å². The van der Waals surface area contributed by atoms with Crippen LogP contribution in [0.4, 0.5) is 10.5 Å². The number of ether oxygens (including phenoxy) is 1. The first-order chi connectivity index (χ1) is 11.3. The maximum absolute atomic E-state index is 12.4. The molecule has 1 aliphatic heterocycles. The molecule has 0 atom stereocenters. The van der Waals surface area contributed by atoms with E-state index in [9.17, 15) is 4.79 Å². The molecule has 1 aliphatic rings. The van der Waals surface area contributed by atoms with E-state index in [0.29, 0.717) is 12.3 Å². The fraction of sp³-hybridized carbons (Fsp3) is 0.0500. The summed E-state index contributed by atoms with van der Waals surface area (Å²) in [7, 11) is 0. The maximum Gasteiger partial charge on any atom is 0.420 e. The quantitative estimate of drug-likeness (QED) is 0.675. The minimum atomic E-state index is -0.341. The summed E-state index contributed by atoms with van der Waals surface area (Å²) in [5, 5.41) is 0. The maximum atomic E-state index is 12.4. The first-order valence-electron chi connectivity index (χ1n) is 7.54. The van der Waals surface area contributed by atoms with Gasteiger partial charge in [0.05, 0.1) is 12.2 Å². The lowest BCUT2D eigenvalue weighted by Crippen LogP contribution is -2.37. The average molecular weight is 301 g/mol. The summed E-state index contributed by atoms with van der Waals surface area (Å²) in [4.78, 5) is 14.1. The van der Waals surface area contributed by atoms with E-state index in [1.165, 1.54) is 0 Å². The molecule has 0 saturated heterocycles. The molecule has 0 N–H and O–H groups in total. The van der Waals surface area contributed by atoms with Crippen LogP contribution in [-0.4, -0.2) is 6.09 Å². The Morgan fingerprint density at radius 1 is 0.783 bits per heavy atom. The van der Waals surface area contributed by atoms with E-state index in [1.54, 1.807) is 4.90 Å². The molecule has 1 heterocycles. The van der Waals surface area contributed by atoms with Gasteiger partial charge in [-0.05, 0) is 17.7 Å². The minimum absolute atomic E-state index is 0.341. The summed E-state index contributed by atoms with van der Waals surface area (Å²) in [6.07, 6.45) is -0.341. The Balaban J connectivity index is 1.79. The summed E-state index contributed by atoms with van der Waals surface area (Å²) >= 11 is 0. The second-order valence-corrected chi connectivity index (χ2v) is 5.45. The highest BCUT2D eigenvalue weighted by Gasteiger charge is 2.27. The summed E-state index contributed by atoms with van der Waals surface area (Å²) < 4.78 is 5.48. The van der Waals surface area contributed by atoms with Crippen LogP contribution in [0.3, 0.4) is 0 Å². The van der Waals surface area contributed by atoms with Crippen molar-refractivity contribution in [2.45, 2.75) is 6.54 Å². The van der Waals surface area contributed by atoms with E-state index >= 15 is 0 Å². The van der Waals surface area contributed by atoms with Crippen LogP contribution in [0.15, 0.2) is 78.9 Å². The number of hydrogen-bond acceptors (Lipinski definition) is 2. The van der Waals surface area contributed by atoms with E-state index in [2.05, 4.69) is 0 Å². The Morgan fingerprint density at radius 3 is 2.35 bits per heavy atom. The predicted octanol–water partition coefficient (Wildman–Crippen LogP) is 4.87. The second kappa shape index (κ2) is 5.61. The van der Waals surface area contributed by atoms with Gasteiger partial charge in [-0.2, -0.15) is 0 Å². The Morgan fingerprint density at radius 2 is 1.48 bits per heavy atom. The lowest BCUT2D eigenvalue weighted by atomic mass is 10.0. The third-order valence-corrected chi connectivity index (χ3v) is 4.00. The first kappa shape index (κ1) is 13.6. The van der Waals surface area contributed by atoms with Crippen molar-refractivity contribution < 1.29 is 9.53 Å². The number of carbonyl (C=O) groups is 1. The van der Waals surface area contributed by atoms with Crippen molar-refractivity contribution in [2.24, 2.45) is 0 Å². The zero-order valence-corrected chi connectivity index (χ0v) is 12.5. The Hall–Kier alpha value is -3.07. The topological polar surface area (TPSA) is 29.5 Å². The lowest BCUT2D eigenvalue weighted by Gasteiger charge is -2.29. The molecular formula is C20H15NO2. The highest BCUT2D eigenvalue weighted by atomic mass is 16.6. The van der Waals surface area contributed by atoms with Gasteiger partial charge in [0, 0.05) is 11.1 Å². The molecule has 0 saturated carbocycles. The van der Waals surface area contributed by atoms with Gasteiger partial charge in [0.1, 0.15) is 5.75 Å². The minimum Gasteiger partial charge on any atom is -0.410 e. The molecule has 3 aromatic carbocycles. The molecule has 0 aromatic heterocycles. The fourth-order valence-electron chi connectivity index (χ4n) is 2.87. The zero-order valence-electron chi connectivity index (χ0n) is 12.5. The van der Waals surface area contributed by atoms with E-state index in [0.717, 1.165) is 22.4 Å². The molecule has 0 aliphatic carbocycles. The van der Waals surface area contributed by atoms with E-state index < -0.39 is 0 Å². The van der Waals surface area contributed by atoms with Crippen LogP contribution in [0.5, 0.6) is 5.75 Å². The Labute approximate surface area is 134 Å². The van der Waals surface area contributed by atoms with Crippen molar-refractivity contribution in [3.8, 4) is 16.9 Å². The van der Waals surface area contributed by atoms with Crippen molar-refractivity contribution in [1.82, 2.24) is 0 Å². The van der Waals surface area contributed by atoms with Crippen LogP contribution < -0.4 is 9.64 Å². The zero-order chi connectivity index (χ0) is 15.6. The molecule has 3 heteroatoms. The fourth-order valence-corrected chi connectivity index (χ4v) is 2.87. The lowest BCUT2D eigenvalue weighted by molar-refractivity contribution is 0.203. The van der Waals surface area contributed by atoms with Crippen LogP contribution in [0.1, 0.15) is 5.56 Å². The first-order valence-corrected chi connectivity index (χ1v) is 7.54. The van der Waals surface area contributed by atoms with Gasteiger partial charge in [0.2, 0.25) is 0 Å². The van der Waals surface area contributed by atoms with Crippen LogP contribution >= 0.6 is 0 Å². The van der Waals surface area contributed by atoms with E-state index in [4.69, 9.17) is 4.74 Å². The summed E-state index contributed by atoms with van der Waals surface area (Å²) in [6, 6.07) is 25.6.